The molecule has 11 heteroatoms. The summed E-state index contributed by atoms with van der Waals surface area (Å²) < 4.78 is 30.5. The van der Waals surface area contributed by atoms with Gasteiger partial charge in [-0.2, -0.15) is 0 Å². The van der Waals surface area contributed by atoms with E-state index in [-0.39, 0.29) is 24.4 Å². The number of hydrogen-bond donors (Lipinski definition) is 3. The Labute approximate surface area is 217 Å². The quantitative estimate of drug-likeness (QED) is 0.184. The van der Waals surface area contributed by atoms with Crippen LogP contribution in [0.25, 0.3) is 0 Å². The van der Waals surface area contributed by atoms with E-state index in [4.69, 9.17) is 28.6 Å². The highest BCUT2D eigenvalue weighted by Crippen LogP contribution is 2.81. The summed E-state index contributed by atoms with van der Waals surface area (Å²) in [6.07, 6.45) is -0.0262. The first kappa shape index (κ1) is 26.3. The molecule has 0 unspecified atom stereocenters. The number of rotatable bonds is 7. The van der Waals surface area contributed by atoms with Gasteiger partial charge in [-0.1, -0.05) is 6.92 Å². The molecule has 1 spiro atoms. The minimum Gasteiger partial charge on any atom is -0.432 e. The minimum atomic E-state index is -1.80. The number of likely N-dealkylation sites (tertiary alicyclic amines) is 1. The summed E-state index contributed by atoms with van der Waals surface area (Å²) in [5.41, 5.74) is -5.45. The van der Waals surface area contributed by atoms with Gasteiger partial charge in [-0.05, 0) is 31.7 Å². The van der Waals surface area contributed by atoms with Gasteiger partial charge in [0.15, 0.2) is 5.60 Å². The van der Waals surface area contributed by atoms with Crippen LogP contribution < -0.4 is 0 Å². The zero-order valence-corrected chi connectivity index (χ0v) is 22.5. The molecule has 3 N–H and O–H groups in total. The van der Waals surface area contributed by atoms with Crippen LogP contribution in [0.3, 0.4) is 0 Å². The van der Waals surface area contributed by atoms with Crippen molar-refractivity contribution in [2.45, 2.75) is 86.5 Å². The molecular formula is C26H41NO10. The van der Waals surface area contributed by atoms with E-state index in [1.807, 2.05) is 6.92 Å². The van der Waals surface area contributed by atoms with E-state index in [1.54, 1.807) is 14.2 Å². The van der Waals surface area contributed by atoms with E-state index in [9.17, 15) is 20.3 Å². The zero-order valence-electron chi connectivity index (χ0n) is 22.5. The zero-order chi connectivity index (χ0) is 26.8. The number of carbonyl (C=O) groups is 1. The fraction of sp³-hybridized carbons (Fsp3) is 0.962. The molecule has 0 aromatic carbocycles. The van der Waals surface area contributed by atoms with Crippen molar-refractivity contribution in [1.82, 2.24) is 4.90 Å². The molecule has 0 radical (unpaired) electrons. The van der Waals surface area contributed by atoms with Gasteiger partial charge < -0.3 is 33.9 Å². The Morgan fingerprint density at radius 2 is 1.78 bits per heavy atom. The molecule has 13 atom stereocenters. The first-order valence-electron chi connectivity index (χ1n) is 13.4. The fourth-order valence-corrected chi connectivity index (χ4v) is 11.2. The molecule has 0 aromatic heterocycles. The van der Waals surface area contributed by atoms with Crippen molar-refractivity contribution in [3.8, 4) is 0 Å². The highest BCUT2D eigenvalue weighted by Gasteiger charge is 2.95. The Morgan fingerprint density at radius 1 is 1.05 bits per heavy atom. The van der Waals surface area contributed by atoms with Crippen LogP contribution in [-0.2, 0) is 33.4 Å². The van der Waals surface area contributed by atoms with Crippen LogP contribution in [0.2, 0.25) is 0 Å². The number of β-amino-alcohol motifs (C(OH)–C–C–N with tert-alkyl or cyclic N) is 1. The lowest BCUT2D eigenvalue weighted by Gasteiger charge is -2.70. The van der Waals surface area contributed by atoms with Crippen molar-refractivity contribution in [3.05, 3.63) is 0 Å². The van der Waals surface area contributed by atoms with Crippen molar-refractivity contribution in [3.63, 3.8) is 0 Å². The van der Waals surface area contributed by atoms with Gasteiger partial charge in [-0.3, -0.25) is 15.0 Å². The maximum atomic E-state index is 13.1. The maximum absolute atomic E-state index is 13.1. The molecule has 1 aliphatic heterocycles. The molecule has 11 nitrogen and oxygen atoms in total. The molecule has 37 heavy (non-hydrogen) atoms. The summed E-state index contributed by atoms with van der Waals surface area (Å²) in [7, 11) is 6.25. The van der Waals surface area contributed by atoms with Crippen LogP contribution in [0.4, 0.5) is 0 Å². The Bertz CT molecular complexity index is 968. The average molecular weight is 528 g/mol. The van der Waals surface area contributed by atoms with Crippen LogP contribution in [0.5, 0.6) is 0 Å². The molecule has 210 valence electrons. The third-order valence-corrected chi connectivity index (χ3v) is 11.6. The molecule has 6 rings (SSSR count). The minimum absolute atomic E-state index is 0.120. The first-order valence-corrected chi connectivity index (χ1v) is 13.4. The van der Waals surface area contributed by atoms with E-state index in [0.717, 1.165) is 0 Å². The van der Waals surface area contributed by atoms with Gasteiger partial charge in [0.25, 0.3) is 0 Å². The maximum Gasteiger partial charge on any atom is 0.305 e. The molecule has 7 bridgehead atoms. The van der Waals surface area contributed by atoms with Crippen molar-refractivity contribution < 1.29 is 48.8 Å². The van der Waals surface area contributed by atoms with E-state index in [2.05, 4.69) is 4.90 Å². The van der Waals surface area contributed by atoms with E-state index >= 15 is 0 Å². The van der Waals surface area contributed by atoms with Crippen LogP contribution in [-0.4, -0.2) is 115 Å². The molecule has 6 fully saturated rings. The number of methoxy groups -OCH3 is 4. The number of fused-ring (bicyclic) bond motifs is 2. The first-order chi connectivity index (χ1) is 17.6. The normalized spacial score (nSPS) is 57.4. The number of likely N-dealkylation sites (N-methyl/N-ethyl adjacent to an activating group) is 1. The summed E-state index contributed by atoms with van der Waals surface area (Å²) in [5, 5.41) is 36.4. The lowest BCUT2D eigenvalue weighted by Crippen LogP contribution is -2.84. The second-order valence-electron chi connectivity index (χ2n) is 12.2. The Morgan fingerprint density at radius 3 is 2.32 bits per heavy atom. The summed E-state index contributed by atoms with van der Waals surface area (Å²) in [6.45, 7) is 4.25. The lowest BCUT2D eigenvalue weighted by molar-refractivity contribution is -0.441. The largest absolute Gasteiger partial charge is 0.432 e. The predicted molar refractivity (Wildman–Crippen MR) is 126 cm³/mol. The SMILES string of the molecule is CCN1C[C@]2(O)CC[C@H](OC)[C@@]34[C@@H]5C[C@@H]6[C@@H](OC)C[C@@](O)([C@H]5[C@]6(OC)OC(C)=O)[C@@](OO)([C@@H](OC)[C@H]23)[C@@H]14. The van der Waals surface area contributed by atoms with E-state index < -0.39 is 64.1 Å². The van der Waals surface area contributed by atoms with Crippen LogP contribution in [0, 0.1) is 29.1 Å². The predicted octanol–water partition coefficient (Wildman–Crippen LogP) is 0.412. The van der Waals surface area contributed by atoms with Gasteiger partial charge in [0, 0.05) is 59.7 Å². The summed E-state index contributed by atoms with van der Waals surface area (Å²) in [5.74, 6) is -4.04. The van der Waals surface area contributed by atoms with Crippen molar-refractivity contribution in [2.75, 3.05) is 41.5 Å². The number of esters is 1. The number of carbonyl (C=O) groups excluding carboxylic acids is 1. The summed E-state index contributed by atoms with van der Waals surface area (Å²) in [6, 6.07) is -0.539. The number of aliphatic hydroxyl groups is 2. The molecule has 1 heterocycles. The topological polar surface area (TPSA) is 136 Å². The van der Waals surface area contributed by atoms with Gasteiger partial charge in [0.1, 0.15) is 11.7 Å². The Balaban J connectivity index is 1.72. The highest BCUT2D eigenvalue weighted by atomic mass is 17.1. The van der Waals surface area contributed by atoms with E-state index in [0.29, 0.717) is 32.4 Å². The number of piperidine rings is 1. The average Bonchev–Trinajstić information content (AvgIpc) is 3.24. The number of hydrogen-bond acceptors (Lipinski definition) is 11. The Kier molecular flexibility index (Phi) is 5.75. The van der Waals surface area contributed by atoms with Crippen molar-refractivity contribution >= 4 is 5.97 Å². The number of nitrogens with zero attached hydrogens (tertiary/aromatic N) is 1. The van der Waals surface area contributed by atoms with Crippen LogP contribution >= 0.6 is 0 Å². The standard InChI is InChI=1S/C26H41NO10/c1-7-27-12-22(29)9-8-17(33-4)24-15-10-14-16(32-3)11-23(30,18(15)26(14,35-6)36-13(2)28)25(37-31,21(24)27)20(34-5)19(22)24/h14-21,29-31H,7-12H2,1-6H3/t14-,15-,16+,17+,18+,19-,20+,21+,22-,23-,24+,25-,26-/m1/s1. The smallest absolute Gasteiger partial charge is 0.305 e. The highest BCUT2D eigenvalue weighted by molar-refractivity contribution is 5.67. The van der Waals surface area contributed by atoms with Gasteiger partial charge in [-0.15, -0.1) is 0 Å². The van der Waals surface area contributed by atoms with Crippen molar-refractivity contribution in [2.24, 2.45) is 29.1 Å². The molecule has 1 saturated heterocycles. The summed E-state index contributed by atoms with van der Waals surface area (Å²) >= 11 is 0. The second-order valence-corrected chi connectivity index (χ2v) is 12.2. The van der Waals surface area contributed by atoms with Crippen molar-refractivity contribution in [1.29, 1.82) is 0 Å². The third kappa shape index (κ3) is 2.54. The fourth-order valence-electron chi connectivity index (χ4n) is 11.2. The van der Waals surface area contributed by atoms with E-state index in [1.165, 1.54) is 21.1 Å². The third-order valence-electron chi connectivity index (χ3n) is 11.6. The molecule has 0 aromatic rings. The molecule has 5 saturated carbocycles. The molecule has 0 amide bonds. The Hall–Kier alpha value is -0.890. The molecule has 5 aliphatic carbocycles. The van der Waals surface area contributed by atoms with Gasteiger partial charge >= 0.3 is 5.97 Å². The number of ether oxygens (including phenoxy) is 5. The lowest BCUT2D eigenvalue weighted by atomic mass is 9.44. The summed E-state index contributed by atoms with van der Waals surface area (Å²) in [4.78, 5) is 20.3. The van der Waals surface area contributed by atoms with Gasteiger partial charge in [0.2, 0.25) is 5.79 Å². The second kappa shape index (κ2) is 8.08. The molecular weight excluding hydrogens is 486 g/mol. The van der Waals surface area contributed by atoms with Crippen LogP contribution in [0.1, 0.15) is 39.5 Å². The monoisotopic (exact) mass is 527 g/mol. The van der Waals surface area contributed by atoms with Gasteiger partial charge in [0.05, 0.1) is 35.7 Å². The van der Waals surface area contributed by atoms with Gasteiger partial charge in [-0.25, -0.2) is 4.89 Å². The molecule has 6 aliphatic rings. The van der Waals surface area contributed by atoms with Crippen LogP contribution in [0.15, 0.2) is 0 Å².